The summed E-state index contributed by atoms with van der Waals surface area (Å²) < 4.78 is 2.96. The minimum absolute atomic E-state index is 0.0487. The second-order valence-corrected chi connectivity index (χ2v) is 5.02. The predicted molar refractivity (Wildman–Crippen MR) is 73.9 cm³/mol. The van der Waals surface area contributed by atoms with E-state index in [1.165, 1.54) is 3.57 Å². The molecule has 2 rings (SSSR count). The monoisotopic (exact) mass is 343 g/mol. The molecule has 90 valence electrons. The third-order valence-electron chi connectivity index (χ3n) is 2.64. The molecule has 0 spiro atoms. The summed E-state index contributed by atoms with van der Waals surface area (Å²) in [6.07, 6.45) is 2.27. The van der Waals surface area contributed by atoms with Crippen molar-refractivity contribution in [1.82, 2.24) is 20.2 Å². The fourth-order valence-corrected chi connectivity index (χ4v) is 2.25. The lowest BCUT2D eigenvalue weighted by molar-refractivity contribution is 0.523. The van der Waals surface area contributed by atoms with Crippen molar-refractivity contribution in [2.24, 2.45) is 12.9 Å². The van der Waals surface area contributed by atoms with Crippen molar-refractivity contribution in [2.75, 3.05) is 0 Å². The molecule has 2 aromatic rings. The number of benzene rings is 1. The van der Waals surface area contributed by atoms with Gasteiger partial charge in [0.25, 0.3) is 0 Å². The maximum absolute atomic E-state index is 5.61. The number of rotatable bonds is 4. The summed E-state index contributed by atoms with van der Waals surface area (Å²) in [6, 6.07) is 8.30. The van der Waals surface area contributed by atoms with E-state index in [2.05, 4.69) is 56.3 Å². The first-order valence-electron chi connectivity index (χ1n) is 5.25. The summed E-state index contributed by atoms with van der Waals surface area (Å²) in [5.74, 6) is 6.52. The Labute approximate surface area is 114 Å². The quantitative estimate of drug-likeness (QED) is 0.497. The van der Waals surface area contributed by atoms with E-state index in [-0.39, 0.29) is 6.04 Å². The average molecular weight is 343 g/mol. The molecule has 1 unspecified atom stereocenters. The van der Waals surface area contributed by atoms with Gasteiger partial charge in [-0.2, -0.15) is 5.10 Å². The van der Waals surface area contributed by atoms with Gasteiger partial charge in [-0.05, 0) is 40.3 Å². The van der Waals surface area contributed by atoms with E-state index < -0.39 is 0 Å². The fraction of sp³-hybridized carbons (Fsp3) is 0.273. The predicted octanol–water partition coefficient (Wildman–Crippen LogP) is 1.17. The van der Waals surface area contributed by atoms with Crippen LogP contribution in [0.15, 0.2) is 30.6 Å². The number of aryl methyl sites for hydroxylation is 1. The first kappa shape index (κ1) is 12.5. The van der Waals surface area contributed by atoms with Gasteiger partial charge in [0.05, 0.1) is 6.04 Å². The zero-order chi connectivity index (χ0) is 12.3. The van der Waals surface area contributed by atoms with Crippen LogP contribution in [0.2, 0.25) is 0 Å². The summed E-state index contributed by atoms with van der Waals surface area (Å²) in [6.45, 7) is 0. The van der Waals surface area contributed by atoms with E-state index in [4.69, 9.17) is 5.84 Å². The van der Waals surface area contributed by atoms with E-state index in [1.54, 1.807) is 11.0 Å². The highest BCUT2D eigenvalue weighted by Crippen LogP contribution is 2.18. The first-order chi connectivity index (χ1) is 8.20. The Bertz CT molecular complexity index is 496. The summed E-state index contributed by atoms with van der Waals surface area (Å²) in [7, 11) is 1.88. The molecule has 0 fully saturated rings. The number of aromatic nitrogens is 3. The maximum atomic E-state index is 5.61. The van der Waals surface area contributed by atoms with E-state index in [0.717, 1.165) is 11.4 Å². The molecular weight excluding hydrogens is 329 g/mol. The maximum Gasteiger partial charge on any atom is 0.138 e. The Hall–Kier alpha value is -0.990. The average Bonchev–Trinajstić information content (AvgIpc) is 2.71. The van der Waals surface area contributed by atoms with Crippen LogP contribution in [0.4, 0.5) is 0 Å². The lowest BCUT2D eigenvalue weighted by Crippen LogP contribution is -2.30. The van der Waals surface area contributed by atoms with Crippen molar-refractivity contribution in [2.45, 2.75) is 12.5 Å². The van der Waals surface area contributed by atoms with Crippen LogP contribution in [0, 0.1) is 3.57 Å². The van der Waals surface area contributed by atoms with Gasteiger partial charge in [-0.25, -0.2) is 4.98 Å². The summed E-state index contributed by atoms with van der Waals surface area (Å²) in [4.78, 5) is 4.21. The highest BCUT2D eigenvalue weighted by Gasteiger charge is 2.13. The Morgan fingerprint density at radius 2 is 2.35 bits per heavy atom. The number of halogens is 1. The van der Waals surface area contributed by atoms with Gasteiger partial charge in [0.15, 0.2) is 0 Å². The Balaban J connectivity index is 2.20. The van der Waals surface area contributed by atoms with Gasteiger partial charge in [-0.3, -0.25) is 16.0 Å². The molecule has 0 saturated carbocycles. The van der Waals surface area contributed by atoms with Crippen molar-refractivity contribution in [1.29, 1.82) is 0 Å². The standard InChI is InChI=1S/C11H14IN5/c1-17-11(14-7-15-17)6-10(16-13)8-3-2-4-9(12)5-8/h2-5,7,10,16H,6,13H2,1H3. The van der Waals surface area contributed by atoms with E-state index in [0.29, 0.717) is 6.42 Å². The molecule has 1 aromatic heterocycles. The van der Waals surface area contributed by atoms with Gasteiger partial charge in [-0.1, -0.05) is 12.1 Å². The molecule has 0 aliphatic rings. The number of hydrazine groups is 1. The van der Waals surface area contributed by atoms with Crippen molar-refractivity contribution >= 4 is 22.6 Å². The molecule has 0 aliphatic carbocycles. The first-order valence-corrected chi connectivity index (χ1v) is 6.33. The van der Waals surface area contributed by atoms with Crippen LogP contribution in [-0.4, -0.2) is 14.8 Å². The molecule has 5 nitrogen and oxygen atoms in total. The smallest absolute Gasteiger partial charge is 0.138 e. The minimum Gasteiger partial charge on any atom is -0.271 e. The number of nitrogens with one attached hydrogen (secondary N) is 1. The highest BCUT2D eigenvalue weighted by atomic mass is 127. The van der Waals surface area contributed by atoms with Crippen molar-refractivity contribution < 1.29 is 0 Å². The normalized spacial score (nSPS) is 12.6. The molecule has 1 heterocycles. The topological polar surface area (TPSA) is 68.8 Å². The number of hydrogen-bond donors (Lipinski definition) is 2. The van der Waals surface area contributed by atoms with Gasteiger partial charge in [0.1, 0.15) is 12.2 Å². The SMILES string of the molecule is Cn1ncnc1CC(NN)c1cccc(I)c1. The molecule has 1 atom stereocenters. The van der Waals surface area contributed by atoms with Gasteiger partial charge < -0.3 is 0 Å². The molecule has 0 amide bonds. The van der Waals surface area contributed by atoms with Crippen LogP contribution in [-0.2, 0) is 13.5 Å². The lowest BCUT2D eigenvalue weighted by Gasteiger charge is -2.15. The Kier molecular flexibility index (Phi) is 4.08. The summed E-state index contributed by atoms with van der Waals surface area (Å²) >= 11 is 2.29. The molecule has 17 heavy (non-hydrogen) atoms. The van der Waals surface area contributed by atoms with Crippen LogP contribution in [0.1, 0.15) is 17.4 Å². The molecule has 0 bridgehead atoms. The third-order valence-corrected chi connectivity index (χ3v) is 3.32. The van der Waals surface area contributed by atoms with Gasteiger partial charge >= 0.3 is 0 Å². The second-order valence-electron chi connectivity index (χ2n) is 3.78. The summed E-state index contributed by atoms with van der Waals surface area (Å²) in [5.41, 5.74) is 3.98. The molecular formula is C11H14IN5. The minimum atomic E-state index is 0.0487. The van der Waals surface area contributed by atoms with E-state index in [9.17, 15) is 0 Å². The number of nitrogens with two attached hydrogens (primary N) is 1. The second kappa shape index (κ2) is 5.56. The molecule has 0 aliphatic heterocycles. The molecule has 6 heteroatoms. The zero-order valence-electron chi connectivity index (χ0n) is 9.47. The molecule has 0 saturated heterocycles. The van der Waals surface area contributed by atoms with Crippen molar-refractivity contribution in [3.63, 3.8) is 0 Å². The van der Waals surface area contributed by atoms with Crippen LogP contribution >= 0.6 is 22.6 Å². The number of hydrogen-bond acceptors (Lipinski definition) is 4. The fourth-order valence-electron chi connectivity index (χ4n) is 1.68. The Morgan fingerprint density at radius 3 is 2.94 bits per heavy atom. The summed E-state index contributed by atoms with van der Waals surface area (Å²) in [5, 5.41) is 4.05. The van der Waals surface area contributed by atoms with Gasteiger partial charge in [-0.15, -0.1) is 0 Å². The van der Waals surface area contributed by atoms with Crippen molar-refractivity contribution in [3.05, 3.63) is 45.6 Å². The Morgan fingerprint density at radius 1 is 1.53 bits per heavy atom. The van der Waals surface area contributed by atoms with Crippen LogP contribution in [0.5, 0.6) is 0 Å². The van der Waals surface area contributed by atoms with Crippen LogP contribution < -0.4 is 11.3 Å². The van der Waals surface area contributed by atoms with Crippen LogP contribution in [0.3, 0.4) is 0 Å². The lowest BCUT2D eigenvalue weighted by atomic mass is 10.0. The third kappa shape index (κ3) is 3.02. The molecule has 1 aromatic carbocycles. The van der Waals surface area contributed by atoms with Crippen LogP contribution in [0.25, 0.3) is 0 Å². The molecule has 3 N–H and O–H groups in total. The van der Waals surface area contributed by atoms with Crippen molar-refractivity contribution in [3.8, 4) is 0 Å². The number of nitrogens with zero attached hydrogens (tertiary/aromatic N) is 3. The highest BCUT2D eigenvalue weighted by molar-refractivity contribution is 14.1. The largest absolute Gasteiger partial charge is 0.271 e. The van der Waals surface area contributed by atoms with Gasteiger partial charge in [0, 0.05) is 17.0 Å². The van der Waals surface area contributed by atoms with Gasteiger partial charge in [0.2, 0.25) is 0 Å². The zero-order valence-corrected chi connectivity index (χ0v) is 11.6. The van der Waals surface area contributed by atoms with E-state index in [1.807, 2.05) is 13.1 Å². The molecule has 0 radical (unpaired) electrons. The van der Waals surface area contributed by atoms with E-state index >= 15 is 0 Å².